The number of nitrogens with zero attached hydrogens (tertiary/aromatic N) is 3. The van der Waals surface area contributed by atoms with Gasteiger partial charge < -0.3 is 4.74 Å². The molecule has 0 radical (unpaired) electrons. The number of hydrogen-bond donors (Lipinski definition) is 0. The highest BCUT2D eigenvalue weighted by atomic mass is 16.5. The lowest BCUT2D eigenvalue weighted by atomic mass is 10.0. The van der Waals surface area contributed by atoms with E-state index in [1.165, 1.54) is 5.39 Å². The summed E-state index contributed by atoms with van der Waals surface area (Å²) in [5.41, 5.74) is 6.38. The van der Waals surface area contributed by atoms with Gasteiger partial charge >= 0.3 is 0 Å². The lowest BCUT2D eigenvalue weighted by Crippen LogP contribution is -1.97. The van der Waals surface area contributed by atoms with Gasteiger partial charge in [0.25, 0.3) is 0 Å². The third-order valence-corrected chi connectivity index (χ3v) is 7.74. The SMILES string of the molecule is c1ccc(-c2ccnc(-n3c4ccccc4c4ccc(Oc5cccc(-c6nccc7ccccc67)c5)cc43)c2)cc1. The molecule has 3 heterocycles. The van der Waals surface area contributed by atoms with Gasteiger partial charge in [0.15, 0.2) is 0 Å². The van der Waals surface area contributed by atoms with Crippen LogP contribution in [0.1, 0.15) is 0 Å². The molecule has 0 amide bonds. The molecule has 0 unspecified atom stereocenters. The maximum atomic E-state index is 6.48. The van der Waals surface area contributed by atoms with Crippen LogP contribution in [0.2, 0.25) is 0 Å². The van der Waals surface area contributed by atoms with Crippen molar-refractivity contribution in [3.05, 3.63) is 152 Å². The summed E-state index contributed by atoms with van der Waals surface area (Å²) in [6, 6.07) is 47.8. The average Bonchev–Trinajstić information content (AvgIpc) is 3.39. The van der Waals surface area contributed by atoms with Gasteiger partial charge in [0, 0.05) is 40.2 Å². The lowest BCUT2D eigenvalue weighted by molar-refractivity contribution is 0.483. The number of hydrogen-bond acceptors (Lipinski definition) is 3. The fourth-order valence-corrected chi connectivity index (χ4v) is 5.80. The van der Waals surface area contributed by atoms with E-state index in [0.717, 1.165) is 66.9 Å². The van der Waals surface area contributed by atoms with Crippen molar-refractivity contribution in [2.75, 3.05) is 0 Å². The minimum atomic E-state index is 0.758. The third kappa shape index (κ3) is 4.18. The van der Waals surface area contributed by atoms with Gasteiger partial charge in [-0.2, -0.15) is 0 Å². The maximum Gasteiger partial charge on any atom is 0.138 e. The Morgan fingerprint density at radius 2 is 1.19 bits per heavy atom. The quantitative estimate of drug-likeness (QED) is 0.218. The molecule has 0 fully saturated rings. The van der Waals surface area contributed by atoms with Crippen molar-refractivity contribution in [1.29, 1.82) is 0 Å². The first-order valence-electron chi connectivity index (χ1n) is 14.0. The van der Waals surface area contributed by atoms with Crippen LogP contribution in [0.5, 0.6) is 11.5 Å². The van der Waals surface area contributed by atoms with E-state index in [1.807, 2.05) is 48.8 Å². The Labute approximate surface area is 243 Å². The summed E-state index contributed by atoms with van der Waals surface area (Å²) in [7, 11) is 0. The molecular formula is C38H25N3O. The lowest BCUT2D eigenvalue weighted by Gasteiger charge is -2.11. The van der Waals surface area contributed by atoms with Crippen LogP contribution >= 0.6 is 0 Å². The van der Waals surface area contributed by atoms with Crippen molar-refractivity contribution < 1.29 is 4.74 Å². The van der Waals surface area contributed by atoms with E-state index in [-0.39, 0.29) is 0 Å². The first-order valence-corrected chi connectivity index (χ1v) is 14.0. The monoisotopic (exact) mass is 539 g/mol. The number of ether oxygens (including phenoxy) is 1. The zero-order valence-corrected chi connectivity index (χ0v) is 22.7. The molecule has 0 bridgehead atoms. The van der Waals surface area contributed by atoms with Gasteiger partial charge in [-0.1, -0.05) is 84.9 Å². The second kappa shape index (κ2) is 10.0. The maximum absolute atomic E-state index is 6.48. The molecule has 198 valence electrons. The number of fused-ring (bicyclic) bond motifs is 4. The summed E-state index contributed by atoms with van der Waals surface area (Å²) in [5, 5.41) is 4.61. The number of para-hydroxylation sites is 1. The Hall–Kier alpha value is -5.74. The zero-order chi connectivity index (χ0) is 27.9. The fourth-order valence-electron chi connectivity index (χ4n) is 5.80. The molecule has 8 aromatic rings. The van der Waals surface area contributed by atoms with Crippen LogP contribution < -0.4 is 4.74 Å². The van der Waals surface area contributed by atoms with Crippen LogP contribution in [0.3, 0.4) is 0 Å². The standard InChI is InChI=1S/C38H25N3O/c1-2-9-26(10-3-1)28-20-21-39-37(24-28)41-35-16-7-6-15-33(35)34-18-17-31(25-36(34)41)42-30-13-8-12-29(23-30)38-32-14-5-4-11-27(32)19-22-40-38/h1-25H. The van der Waals surface area contributed by atoms with Gasteiger partial charge in [0.2, 0.25) is 0 Å². The molecule has 0 aliphatic heterocycles. The van der Waals surface area contributed by atoms with E-state index in [9.17, 15) is 0 Å². The fraction of sp³-hybridized carbons (Fsp3) is 0. The van der Waals surface area contributed by atoms with Crippen LogP contribution in [0.15, 0.2) is 152 Å². The van der Waals surface area contributed by atoms with Crippen molar-refractivity contribution >= 4 is 32.6 Å². The van der Waals surface area contributed by atoms with Crippen molar-refractivity contribution in [2.45, 2.75) is 0 Å². The van der Waals surface area contributed by atoms with Crippen LogP contribution in [0.25, 0.3) is 60.8 Å². The molecule has 0 saturated heterocycles. The molecule has 3 aromatic heterocycles. The normalized spacial score (nSPS) is 11.3. The second-order valence-corrected chi connectivity index (χ2v) is 10.3. The van der Waals surface area contributed by atoms with Gasteiger partial charge in [-0.25, -0.2) is 4.98 Å². The molecule has 8 rings (SSSR count). The molecule has 42 heavy (non-hydrogen) atoms. The van der Waals surface area contributed by atoms with Crippen molar-refractivity contribution in [3.8, 4) is 39.7 Å². The molecule has 0 aliphatic rings. The number of pyridine rings is 2. The van der Waals surface area contributed by atoms with Crippen molar-refractivity contribution in [1.82, 2.24) is 14.5 Å². The summed E-state index contributed by atoms with van der Waals surface area (Å²) in [5.74, 6) is 2.38. The predicted octanol–water partition coefficient (Wildman–Crippen LogP) is 9.85. The number of aromatic nitrogens is 3. The average molecular weight is 540 g/mol. The molecule has 0 spiro atoms. The Morgan fingerprint density at radius 1 is 0.452 bits per heavy atom. The zero-order valence-electron chi connectivity index (χ0n) is 22.7. The van der Waals surface area contributed by atoms with E-state index in [2.05, 4.69) is 108 Å². The first kappa shape index (κ1) is 24.1. The summed E-state index contributed by atoms with van der Waals surface area (Å²) in [4.78, 5) is 9.51. The molecule has 4 heteroatoms. The summed E-state index contributed by atoms with van der Waals surface area (Å²) >= 11 is 0. The summed E-state index contributed by atoms with van der Waals surface area (Å²) in [6.45, 7) is 0. The molecule has 0 atom stereocenters. The van der Waals surface area contributed by atoms with Gasteiger partial charge in [0.1, 0.15) is 17.3 Å². The molecule has 0 N–H and O–H groups in total. The predicted molar refractivity (Wildman–Crippen MR) is 171 cm³/mol. The van der Waals surface area contributed by atoms with Crippen molar-refractivity contribution in [2.24, 2.45) is 0 Å². The highest BCUT2D eigenvalue weighted by Gasteiger charge is 2.15. The summed E-state index contributed by atoms with van der Waals surface area (Å²) < 4.78 is 8.70. The van der Waals surface area contributed by atoms with Crippen molar-refractivity contribution in [3.63, 3.8) is 0 Å². The highest BCUT2D eigenvalue weighted by Crippen LogP contribution is 2.36. The minimum Gasteiger partial charge on any atom is -0.457 e. The minimum absolute atomic E-state index is 0.758. The Morgan fingerprint density at radius 3 is 2.12 bits per heavy atom. The Kier molecular flexibility index (Phi) is 5.75. The molecule has 4 nitrogen and oxygen atoms in total. The van der Waals surface area contributed by atoms with Gasteiger partial charge in [-0.05, 0) is 65.0 Å². The van der Waals surface area contributed by atoms with Gasteiger partial charge in [-0.15, -0.1) is 0 Å². The Balaban J connectivity index is 1.23. The van der Waals surface area contributed by atoms with Gasteiger partial charge in [-0.3, -0.25) is 9.55 Å². The largest absolute Gasteiger partial charge is 0.457 e. The van der Waals surface area contributed by atoms with E-state index >= 15 is 0 Å². The van der Waals surface area contributed by atoms with E-state index < -0.39 is 0 Å². The highest BCUT2D eigenvalue weighted by molar-refractivity contribution is 6.09. The topological polar surface area (TPSA) is 39.9 Å². The second-order valence-electron chi connectivity index (χ2n) is 10.3. The van der Waals surface area contributed by atoms with E-state index in [1.54, 1.807) is 0 Å². The Bertz CT molecular complexity index is 2230. The molecular weight excluding hydrogens is 514 g/mol. The number of benzene rings is 5. The van der Waals surface area contributed by atoms with Crippen LogP contribution in [0.4, 0.5) is 0 Å². The first-order chi connectivity index (χ1) is 20.8. The molecule has 0 aliphatic carbocycles. The number of rotatable bonds is 5. The van der Waals surface area contributed by atoms with E-state index in [0.29, 0.717) is 0 Å². The molecule has 5 aromatic carbocycles. The summed E-state index contributed by atoms with van der Waals surface area (Å²) in [6.07, 6.45) is 3.74. The van der Waals surface area contributed by atoms with Gasteiger partial charge in [0.05, 0.1) is 16.7 Å². The van der Waals surface area contributed by atoms with Crippen LogP contribution in [-0.4, -0.2) is 14.5 Å². The molecule has 0 saturated carbocycles. The third-order valence-electron chi connectivity index (χ3n) is 7.74. The smallest absolute Gasteiger partial charge is 0.138 e. The van der Waals surface area contributed by atoms with E-state index in [4.69, 9.17) is 14.7 Å². The van der Waals surface area contributed by atoms with Crippen LogP contribution in [-0.2, 0) is 0 Å². The van der Waals surface area contributed by atoms with Crippen LogP contribution in [0, 0.1) is 0 Å².